The highest BCUT2D eigenvalue weighted by Gasteiger charge is 2.36. The van der Waals surface area contributed by atoms with Gasteiger partial charge in [0.2, 0.25) is 5.89 Å². The highest BCUT2D eigenvalue weighted by atomic mass is 127. The van der Waals surface area contributed by atoms with E-state index in [0.717, 1.165) is 42.4 Å². The number of hydrogen-bond acceptors (Lipinski definition) is 4. The number of rotatable bonds is 6. The minimum absolute atomic E-state index is 0. The van der Waals surface area contributed by atoms with E-state index in [9.17, 15) is 0 Å². The highest BCUT2D eigenvalue weighted by molar-refractivity contribution is 14.0. The third-order valence-corrected chi connectivity index (χ3v) is 5.88. The Morgan fingerprint density at radius 1 is 1.20 bits per heavy atom. The molecule has 1 aromatic carbocycles. The monoisotopic (exact) mass is 566 g/mol. The predicted octanol–water partition coefficient (Wildman–Crippen LogP) is 5.02. The van der Waals surface area contributed by atoms with E-state index in [-0.39, 0.29) is 29.4 Å². The summed E-state index contributed by atoms with van der Waals surface area (Å²) in [6.45, 7) is 9.09. The van der Waals surface area contributed by atoms with Gasteiger partial charge in [-0.2, -0.15) is 0 Å². The summed E-state index contributed by atoms with van der Waals surface area (Å²) < 4.78 is 11.3. The lowest BCUT2D eigenvalue weighted by molar-refractivity contribution is 0.0514. The largest absolute Gasteiger partial charge is 0.444 e. The minimum Gasteiger partial charge on any atom is -0.444 e. The van der Waals surface area contributed by atoms with Crippen LogP contribution in [0.1, 0.15) is 42.7 Å². The van der Waals surface area contributed by atoms with Crippen LogP contribution in [0.4, 0.5) is 0 Å². The normalized spacial score (nSPS) is 16.1. The molecular weight excluding hydrogens is 538 g/mol. The second-order valence-electron chi connectivity index (χ2n) is 7.31. The standard InChI is InChI=1S/C21H28Cl2N4O2.HI/c1-4-24-20(25-12-19-27-14(2)15(3)29-19)26-13-21(7-9-28-10-8-21)17-6-5-16(22)11-18(17)23;/h5-6,11H,4,7-10,12-13H2,1-3H3,(H2,24,25,26);1H. The number of ether oxygens (including phenoxy) is 1. The van der Waals surface area contributed by atoms with Crippen molar-refractivity contribution in [3.05, 3.63) is 51.2 Å². The van der Waals surface area contributed by atoms with Gasteiger partial charge in [0, 0.05) is 41.8 Å². The van der Waals surface area contributed by atoms with Crippen molar-refractivity contribution in [2.75, 3.05) is 26.3 Å². The quantitative estimate of drug-likeness (QED) is 0.292. The first kappa shape index (κ1) is 25.2. The molecule has 6 nitrogen and oxygen atoms in total. The van der Waals surface area contributed by atoms with Gasteiger partial charge in [0.05, 0.1) is 5.69 Å². The number of nitrogens with one attached hydrogen (secondary N) is 2. The Morgan fingerprint density at radius 2 is 1.93 bits per heavy atom. The van der Waals surface area contributed by atoms with Gasteiger partial charge in [0.1, 0.15) is 12.3 Å². The maximum atomic E-state index is 6.57. The summed E-state index contributed by atoms with van der Waals surface area (Å²) in [4.78, 5) is 9.03. The summed E-state index contributed by atoms with van der Waals surface area (Å²) in [5.74, 6) is 2.15. The Kier molecular flexibility index (Phi) is 9.71. The first-order valence-electron chi connectivity index (χ1n) is 9.92. The van der Waals surface area contributed by atoms with E-state index >= 15 is 0 Å². The van der Waals surface area contributed by atoms with Gasteiger partial charge in [0.25, 0.3) is 0 Å². The molecule has 166 valence electrons. The third-order valence-electron chi connectivity index (χ3n) is 5.34. The first-order chi connectivity index (χ1) is 13.9. The van der Waals surface area contributed by atoms with Gasteiger partial charge in [-0.3, -0.25) is 0 Å². The molecule has 3 rings (SSSR count). The van der Waals surface area contributed by atoms with Gasteiger partial charge in [-0.05, 0) is 51.3 Å². The van der Waals surface area contributed by atoms with Crippen LogP contribution in [0.2, 0.25) is 10.0 Å². The lowest BCUT2D eigenvalue weighted by atomic mass is 9.74. The van der Waals surface area contributed by atoms with Gasteiger partial charge in [-0.1, -0.05) is 29.3 Å². The van der Waals surface area contributed by atoms with Crippen LogP contribution in [0.15, 0.2) is 27.6 Å². The fourth-order valence-corrected chi connectivity index (χ4v) is 4.18. The van der Waals surface area contributed by atoms with Gasteiger partial charge in [0.15, 0.2) is 5.96 Å². The molecular formula is C21H29Cl2IN4O2. The van der Waals surface area contributed by atoms with Gasteiger partial charge in [-0.25, -0.2) is 9.98 Å². The molecule has 1 aromatic heterocycles. The van der Waals surface area contributed by atoms with Crippen molar-refractivity contribution in [3.63, 3.8) is 0 Å². The molecule has 1 aliphatic heterocycles. The molecule has 1 saturated heterocycles. The van der Waals surface area contributed by atoms with Crippen LogP contribution >= 0.6 is 47.2 Å². The van der Waals surface area contributed by atoms with Gasteiger partial charge < -0.3 is 19.8 Å². The summed E-state index contributed by atoms with van der Waals surface area (Å²) >= 11 is 12.7. The molecule has 30 heavy (non-hydrogen) atoms. The molecule has 1 aliphatic rings. The Hall–Kier alpha value is -1.03. The molecule has 2 heterocycles. The number of nitrogens with zero attached hydrogens (tertiary/aromatic N) is 2. The second-order valence-corrected chi connectivity index (χ2v) is 8.16. The number of halogens is 3. The van der Waals surface area contributed by atoms with Crippen LogP contribution in [0, 0.1) is 13.8 Å². The predicted molar refractivity (Wildman–Crippen MR) is 132 cm³/mol. The molecule has 0 bridgehead atoms. The number of guanidine groups is 1. The zero-order chi connectivity index (χ0) is 20.9. The van der Waals surface area contributed by atoms with Crippen molar-refractivity contribution in [1.29, 1.82) is 0 Å². The van der Waals surface area contributed by atoms with Crippen LogP contribution < -0.4 is 10.6 Å². The minimum atomic E-state index is -0.147. The zero-order valence-corrected chi connectivity index (χ0v) is 21.4. The van der Waals surface area contributed by atoms with Gasteiger partial charge in [-0.15, -0.1) is 24.0 Å². The van der Waals surface area contributed by atoms with Gasteiger partial charge >= 0.3 is 0 Å². The molecule has 0 spiro atoms. The molecule has 2 aromatic rings. The number of hydrogen-bond donors (Lipinski definition) is 2. The van der Waals surface area contributed by atoms with Crippen molar-refractivity contribution in [2.45, 2.75) is 45.6 Å². The summed E-state index contributed by atoms with van der Waals surface area (Å²) in [5.41, 5.74) is 1.84. The molecule has 0 amide bonds. The number of aryl methyl sites for hydroxylation is 2. The van der Waals surface area contributed by atoms with E-state index in [1.807, 2.05) is 39.0 Å². The van der Waals surface area contributed by atoms with Crippen LogP contribution in [0.25, 0.3) is 0 Å². The highest BCUT2D eigenvalue weighted by Crippen LogP contribution is 2.39. The van der Waals surface area contributed by atoms with Crippen molar-refractivity contribution in [2.24, 2.45) is 4.99 Å². The molecule has 2 N–H and O–H groups in total. The average Bonchev–Trinajstić information content (AvgIpc) is 3.02. The van der Waals surface area contributed by atoms with E-state index in [1.165, 1.54) is 0 Å². The molecule has 0 aliphatic carbocycles. The van der Waals surface area contributed by atoms with E-state index in [1.54, 1.807) is 0 Å². The number of oxazole rings is 1. The Bertz CT molecular complexity index is 847. The maximum absolute atomic E-state index is 6.57. The summed E-state index contributed by atoms with van der Waals surface area (Å²) in [6.07, 6.45) is 1.75. The Morgan fingerprint density at radius 3 is 2.53 bits per heavy atom. The van der Waals surface area contributed by atoms with Crippen molar-refractivity contribution in [3.8, 4) is 0 Å². The molecule has 9 heteroatoms. The third kappa shape index (κ3) is 6.24. The second kappa shape index (κ2) is 11.5. The van der Waals surface area contributed by atoms with Crippen molar-refractivity contribution < 1.29 is 9.15 Å². The molecule has 0 radical (unpaired) electrons. The molecule has 1 fully saturated rings. The maximum Gasteiger partial charge on any atom is 0.216 e. The zero-order valence-electron chi connectivity index (χ0n) is 17.6. The fourth-order valence-electron chi connectivity index (χ4n) is 3.57. The summed E-state index contributed by atoms with van der Waals surface area (Å²) in [5, 5.41) is 8.10. The van der Waals surface area contributed by atoms with Crippen LogP contribution in [-0.2, 0) is 16.7 Å². The van der Waals surface area contributed by atoms with E-state index in [0.29, 0.717) is 42.2 Å². The smallest absolute Gasteiger partial charge is 0.216 e. The van der Waals surface area contributed by atoms with Crippen LogP contribution in [0.3, 0.4) is 0 Å². The van der Waals surface area contributed by atoms with Crippen LogP contribution in [0.5, 0.6) is 0 Å². The Balaban J connectivity index is 0.00000320. The average molecular weight is 567 g/mol. The van der Waals surface area contributed by atoms with Crippen LogP contribution in [-0.4, -0.2) is 37.2 Å². The van der Waals surface area contributed by atoms with E-state index < -0.39 is 0 Å². The number of aliphatic imine (C=N–C) groups is 1. The molecule has 0 unspecified atom stereocenters. The van der Waals surface area contributed by atoms with Crippen molar-refractivity contribution >= 4 is 53.1 Å². The SMILES string of the molecule is CCNC(=NCc1nc(C)c(C)o1)NCC1(c2ccc(Cl)cc2Cl)CCOCC1.I. The molecule has 0 saturated carbocycles. The lowest BCUT2D eigenvalue weighted by Gasteiger charge is -2.39. The molecule has 0 atom stereocenters. The summed E-state index contributed by atoms with van der Waals surface area (Å²) in [7, 11) is 0. The Labute approximate surface area is 205 Å². The van der Waals surface area contributed by atoms with E-state index in [4.69, 9.17) is 32.4 Å². The van der Waals surface area contributed by atoms with Crippen molar-refractivity contribution in [1.82, 2.24) is 15.6 Å². The topological polar surface area (TPSA) is 71.7 Å². The first-order valence-corrected chi connectivity index (χ1v) is 10.7. The lowest BCUT2D eigenvalue weighted by Crippen LogP contribution is -2.48. The summed E-state index contributed by atoms with van der Waals surface area (Å²) in [6, 6.07) is 5.73. The number of benzene rings is 1. The fraction of sp³-hybridized carbons (Fsp3) is 0.524. The van der Waals surface area contributed by atoms with E-state index in [2.05, 4.69) is 20.6 Å². The number of aromatic nitrogens is 1.